The molecule has 0 radical (unpaired) electrons. The van der Waals surface area contributed by atoms with Gasteiger partial charge in [-0.3, -0.25) is 14.4 Å². The first-order chi connectivity index (χ1) is 11.5. The summed E-state index contributed by atoms with van der Waals surface area (Å²) in [6.07, 6.45) is 0. The Morgan fingerprint density at radius 3 is 2.54 bits per heavy atom. The van der Waals surface area contributed by atoms with Crippen molar-refractivity contribution in [1.82, 2.24) is 0 Å². The fraction of sp³-hybridized carbons (Fsp3) is 0.278. The largest absolute Gasteiger partial charge is 0.313 e. The summed E-state index contributed by atoms with van der Waals surface area (Å²) < 4.78 is 0. The molecule has 0 saturated heterocycles. The maximum absolute atomic E-state index is 13.0. The van der Waals surface area contributed by atoms with Crippen LogP contribution in [0.25, 0.3) is 0 Å². The zero-order chi connectivity index (χ0) is 17.4. The Kier molecular flexibility index (Phi) is 4.24. The molecular formula is C18H18N2O3S. The van der Waals surface area contributed by atoms with Gasteiger partial charge in [0.05, 0.1) is 11.3 Å². The second kappa shape index (κ2) is 6.20. The third-order valence-electron chi connectivity index (χ3n) is 4.30. The third kappa shape index (κ3) is 2.43. The Morgan fingerprint density at radius 2 is 1.92 bits per heavy atom. The number of hydrogen-bond donors (Lipinski definition) is 0. The zero-order valence-electron chi connectivity index (χ0n) is 13.8. The van der Waals surface area contributed by atoms with Crippen molar-refractivity contribution in [2.75, 3.05) is 23.4 Å². The molecule has 0 bridgehead atoms. The molecule has 1 aliphatic heterocycles. The van der Waals surface area contributed by atoms with Gasteiger partial charge in [-0.25, -0.2) is 0 Å². The van der Waals surface area contributed by atoms with Gasteiger partial charge in [-0.2, -0.15) is 0 Å². The van der Waals surface area contributed by atoms with Crippen molar-refractivity contribution in [1.29, 1.82) is 0 Å². The van der Waals surface area contributed by atoms with Gasteiger partial charge in [-0.05, 0) is 26.0 Å². The summed E-state index contributed by atoms with van der Waals surface area (Å²) in [5.41, 5.74) is 1.77. The molecule has 0 spiro atoms. The lowest BCUT2D eigenvalue weighted by Gasteiger charge is -2.31. The van der Waals surface area contributed by atoms with Crippen LogP contribution in [0.2, 0.25) is 0 Å². The van der Waals surface area contributed by atoms with Gasteiger partial charge < -0.3 is 9.80 Å². The number of benzene rings is 1. The SMILES string of the molecule is CCN(C(=O)C1C(=O)c2c(csc2C)N(C)C1=O)c1ccccc1. The highest BCUT2D eigenvalue weighted by Crippen LogP contribution is 2.37. The molecule has 124 valence electrons. The molecule has 0 aliphatic carbocycles. The lowest BCUT2D eigenvalue weighted by Crippen LogP contribution is -2.51. The molecule has 2 aromatic rings. The Hall–Kier alpha value is -2.47. The van der Waals surface area contributed by atoms with E-state index in [1.54, 1.807) is 24.6 Å². The van der Waals surface area contributed by atoms with Crippen LogP contribution in [-0.4, -0.2) is 31.2 Å². The maximum Gasteiger partial charge on any atom is 0.247 e. The van der Waals surface area contributed by atoms with Crippen molar-refractivity contribution in [3.63, 3.8) is 0 Å². The standard InChI is InChI=1S/C18H18N2O3S/c1-4-20(12-8-6-5-7-9-12)18(23)15-16(21)14-11(2)24-10-13(14)19(3)17(15)22/h5-10,15H,4H2,1-3H3. The Bertz CT molecular complexity index is 813. The molecule has 0 saturated carbocycles. The number of carbonyl (C=O) groups excluding carboxylic acids is 3. The van der Waals surface area contributed by atoms with E-state index in [0.29, 0.717) is 23.5 Å². The highest BCUT2D eigenvalue weighted by Gasteiger charge is 2.45. The number of hydrogen-bond acceptors (Lipinski definition) is 4. The van der Waals surface area contributed by atoms with Gasteiger partial charge in [0.15, 0.2) is 11.7 Å². The van der Waals surface area contributed by atoms with Crippen molar-refractivity contribution < 1.29 is 14.4 Å². The molecule has 0 fully saturated rings. The summed E-state index contributed by atoms with van der Waals surface area (Å²) in [6, 6.07) is 9.09. The summed E-state index contributed by atoms with van der Waals surface area (Å²) >= 11 is 1.41. The minimum absolute atomic E-state index is 0.388. The number of ketones is 1. The molecule has 1 aliphatic rings. The van der Waals surface area contributed by atoms with Gasteiger partial charge in [0, 0.05) is 29.5 Å². The van der Waals surface area contributed by atoms with Gasteiger partial charge in [-0.15, -0.1) is 11.3 Å². The van der Waals surface area contributed by atoms with Crippen molar-refractivity contribution in [3.8, 4) is 0 Å². The highest BCUT2D eigenvalue weighted by molar-refractivity contribution is 7.10. The summed E-state index contributed by atoms with van der Waals surface area (Å²) in [5.74, 6) is -2.64. The lowest BCUT2D eigenvalue weighted by molar-refractivity contribution is -0.130. The number of para-hydroxylation sites is 1. The fourth-order valence-corrected chi connectivity index (χ4v) is 3.89. The van der Waals surface area contributed by atoms with Crippen LogP contribution in [0.3, 0.4) is 0 Å². The van der Waals surface area contributed by atoms with Gasteiger partial charge in [0.1, 0.15) is 0 Å². The van der Waals surface area contributed by atoms with Gasteiger partial charge in [-0.1, -0.05) is 18.2 Å². The van der Waals surface area contributed by atoms with Crippen LogP contribution in [0.5, 0.6) is 0 Å². The van der Waals surface area contributed by atoms with E-state index in [0.717, 1.165) is 4.88 Å². The molecular weight excluding hydrogens is 324 g/mol. The van der Waals surface area contributed by atoms with Crippen LogP contribution in [0.15, 0.2) is 35.7 Å². The van der Waals surface area contributed by atoms with Crippen LogP contribution < -0.4 is 9.80 Å². The first-order valence-corrected chi connectivity index (χ1v) is 8.61. The number of rotatable bonds is 3. The van der Waals surface area contributed by atoms with Crippen LogP contribution in [-0.2, 0) is 9.59 Å². The van der Waals surface area contributed by atoms with Crippen molar-refractivity contribution in [2.24, 2.45) is 5.92 Å². The molecule has 3 rings (SSSR count). The summed E-state index contributed by atoms with van der Waals surface area (Å²) in [5, 5.41) is 1.79. The van der Waals surface area contributed by atoms with E-state index in [9.17, 15) is 14.4 Å². The second-order valence-corrected chi connectivity index (χ2v) is 6.75. The van der Waals surface area contributed by atoms with Gasteiger partial charge in [0.25, 0.3) is 0 Å². The molecule has 2 heterocycles. The average molecular weight is 342 g/mol. The average Bonchev–Trinajstić information content (AvgIpc) is 2.97. The monoisotopic (exact) mass is 342 g/mol. The molecule has 0 N–H and O–H groups in total. The number of Topliss-reactive ketones (excluding diaryl/α,β-unsaturated/α-hetero) is 1. The van der Waals surface area contributed by atoms with Crippen LogP contribution in [0.1, 0.15) is 22.2 Å². The molecule has 1 atom stereocenters. The molecule has 1 unspecified atom stereocenters. The molecule has 1 aromatic carbocycles. The maximum atomic E-state index is 13.0. The summed E-state index contributed by atoms with van der Waals surface area (Å²) in [7, 11) is 1.61. The number of nitrogens with zero attached hydrogens (tertiary/aromatic N) is 2. The number of aryl methyl sites for hydroxylation is 1. The molecule has 1 aromatic heterocycles. The highest BCUT2D eigenvalue weighted by atomic mass is 32.1. The number of fused-ring (bicyclic) bond motifs is 1. The molecule has 6 heteroatoms. The van der Waals surface area contributed by atoms with Crippen molar-refractivity contribution in [2.45, 2.75) is 13.8 Å². The quantitative estimate of drug-likeness (QED) is 0.806. The first-order valence-electron chi connectivity index (χ1n) is 7.73. The van der Waals surface area contributed by atoms with Crippen molar-refractivity contribution >= 4 is 40.3 Å². The predicted molar refractivity (Wildman–Crippen MR) is 94.8 cm³/mol. The first kappa shape index (κ1) is 16.4. The number of thiophene rings is 1. The second-order valence-electron chi connectivity index (χ2n) is 5.66. The van der Waals surface area contributed by atoms with Crippen LogP contribution in [0, 0.1) is 12.8 Å². The number of anilines is 2. The van der Waals surface area contributed by atoms with Gasteiger partial charge in [0.2, 0.25) is 11.8 Å². The van der Waals surface area contributed by atoms with E-state index in [2.05, 4.69) is 0 Å². The van der Waals surface area contributed by atoms with E-state index in [1.807, 2.05) is 32.0 Å². The minimum atomic E-state index is -1.31. The van der Waals surface area contributed by atoms with E-state index in [-0.39, 0.29) is 0 Å². The van der Waals surface area contributed by atoms with E-state index < -0.39 is 23.5 Å². The van der Waals surface area contributed by atoms with Gasteiger partial charge >= 0.3 is 0 Å². The smallest absolute Gasteiger partial charge is 0.247 e. The van der Waals surface area contributed by atoms with E-state index >= 15 is 0 Å². The normalized spacial score (nSPS) is 17.0. The van der Waals surface area contributed by atoms with Crippen LogP contribution in [0.4, 0.5) is 11.4 Å². The molecule has 5 nitrogen and oxygen atoms in total. The summed E-state index contributed by atoms with van der Waals surface area (Å²) in [6.45, 7) is 4.05. The van der Waals surface area contributed by atoms with Crippen LogP contribution >= 0.6 is 11.3 Å². The molecule has 24 heavy (non-hydrogen) atoms. The third-order valence-corrected chi connectivity index (χ3v) is 5.20. The Balaban J connectivity index is 2.02. The van der Waals surface area contributed by atoms with E-state index in [1.165, 1.54) is 21.1 Å². The number of amides is 2. The number of carbonyl (C=O) groups is 3. The zero-order valence-corrected chi connectivity index (χ0v) is 14.6. The topological polar surface area (TPSA) is 57.7 Å². The predicted octanol–water partition coefficient (Wildman–Crippen LogP) is 2.88. The van der Waals surface area contributed by atoms with E-state index in [4.69, 9.17) is 0 Å². The molecule has 2 amide bonds. The minimum Gasteiger partial charge on any atom is -0.313 e. The van der Waals surface area contributed by atoms with Crippen molar-refractivity contribution in [3.05, 3.63) is 46.2 Å². The Labute approximate surface area is 144 Å². The fourth-order valence-electron chi connectivity index (χ4n) is 3.00. The summed E-state index contributed by atoms with van der Waals surface area (Å²) in [4.78, 5) is 42.3. The Morgan fingerprint density at radius 1 is 1.25 bits per heavy atom. The lowest BCUT2D eigenvalue weighted by atomic mass is 9.90.